The Bertz CT molecular complexity index is 1070. The first kappa shape index (κ1) is 19.7. The molecule has 1 amide bonds. The van der Waals surface area contributed by atoms with Gasteiger partial charge < -0.3 is 16.2 Å². The van der Waals surface area contributed by atoms with Gasteiger partial charge in [-0.25, -0.2) is 8.78 Å². The monoisotopic (exact) mass is 411 g/mol. The summed E-state index contributed by atoms with van der Waals surface area (Å²) in [5.41, 5.74) is 5.55. The number of carbonyl (C=O) groups excluding carboxylic acids is 1. The summed E-state index contributed by atoms with van der Waals surface area (Å²) < 4.78 is 27.9. The van der Waals surface area contributed by atoms with Gasteiger partial charge in [-0.15, -0.1) is 10.2 Å². The number of rotatable bonds is 6. The summed E-state index contributed by atoms with van der Waals surface area (Å²) >= 11 is 0. The lowest BCUT2D eigenvalue weighted by atomic mass is 9.65. The number of nitrogens with one attached hydrogen (secondary N) is 1. The van der Waals surface area contributed by atoms with Crippen LogP contribution in [0.15, 0.2) is 48.7 Å². The summed E-state index contributed by atoms with van der Waals surface area (Å²) in [5.74, 6) is -1.75. The van der Waals surface area contributed by atoms with Crippen LogP contribution in [0.3, 0.4) is 0 Å². The van der Waals surface area contributed by atoms with Crippen molar-refractivity contribution >= 4 is 11.7 Å². The number of primary amides is 1. The summed E-state index contributed by atoms with van der Waals surface area (Å²) in [5, 5.41) is 20.8. The largest absolute Gasteiger partial charge is 0.507 e. The minimum atomic E-state index is -0.883. The maximum atomic E-state index is 14.2. The maximum Gasteiger partial charge on any atom is 0.252 e. The van der Waals surface area contributed by atoms with Crippen molar-refractivity contribution in [2.75, 3.05) is 11.9 Å². The van der Waals surface area contributed by atoms with Crippen molar-refractivity contribution in [3.8, 4) is 17.0 Å². The first-order chi connectivity index (χ1) is 14.4. The van der Waals surface area contributed by atoms with Crippen LogP contribution in [0.2, 0.25) is 0 Å². The highest BCUT2D eigenvalue weighted by atomic mass is 19.1. The van der Waals surface area contributed by atoms with E-state index in [0.717, 1.165) is 17.8 Å². The Kier molecular flexibility index (Phi) is 5.03. The molecular formula is C21H19F2N5O2. The fraction of sp³-hybridized carbons (Fsp3) is 0.238. The number of phenols is 1. The molecule has 7 nitrogen and oxygen atoms in total. The van der Waals surface area contributed by atoms with Crippen LogP contribution in [0, 0.1) is 5.82 Å². The van der Waals surface area contributed by atoms with E-state index in [2.05, 4.69) is 20.5 Å². The second-order valence-electron chi connectivity index (χ2n) is 7.37. The number of alkyl halides is 1. The molecule has 9 heteroatoms. The lowest BCUT2D eigenvalue weighted by Gasteiger charge is -2.43. The molecular weight excluding hydrogens is 392 g/mol. The molecule has 30 heavy (non-hydrogen) atoms. The zero-order valence-corrected chi connectivity index (χ0v) is 15.8. The van der Waals surface area contributed by atoms with Gasteiger partial charge in [0.25, 0.3) is 5.91 Å². The van der Waals surface area contributed by atoms with Crippen LogP contribution >= 0.6 is 0 Å². The molecule has 1 aliphatic carbocycles. The summed E-state index contributed by atoms with van der Waals surface area (Å²) in [6.45, 7) is 0.428. The Morgan fingerprint density at radius 1 is 1.23 bits per heavy atom. The predicted molar refractivity (Wildman–Crippen MR) is 106 cm³/mol. The molecule has 0 unspecified atom stereocenters. The van der Waals surface area contributed by atoms with Gasteiger partial charge in [0.15, 0.2) is 0 Å². The Hall–Kier alpha value is -3.62. The number of aromatic nitrogens is 3. The third-order valence-electron chi connectivity index (χ3n) is 5.33. The molecule has 3 aromatic rings. The molecule has 0 spiro atoms. The zero-order valence-electron chi connectivity index (χ0n) is 15.8. The molecule has 1 aromatic carbocycles. The number of hydrogen-bond acceptors (Lipinski definition) is 6. The third kappa shape index (κ3) is 3.66. The van der Waals surface area contributed by atoms with Crippen molar-refractivity contribution in [3.05, 3.63) is 65.7 Å². The second kappa shape index (κ2) is 7.66. The van der Waals surface area contributed by atoms with Crippen molar-refractivity contribution in [3.63, 3.8) is 0 Å². The van der Waals surface area contributed by atoms with E-state index in [4.69, 9.17) is 5.73 Å². The molecule has 1 aliphatic rings. The number of nitrogens with two attached hydrogens (primary N) is 1. The first-order valence-corrected chi connectivity index (χ1v) is 9.34. The lowest BCUT2D eigenvalue weighted by Crippen LogP contribution is -2.48. The molecule has 4 N–H and O–H groups in total. The SMILES string of the molecule is NC(=O)c1cc(-c2ccc(NCC3(c4ccccn4)CC(F)C3)nn2)c(F)cc1O. The molecule has 154 valence electrons. The van der Waals surface area contributed by atoms with Crippen LogP contribution in [0.5, 0.6) is 5.75 Å². The molecule has 1 fully saturated rings. The fourth-order valence-corrected chi connectivity index (χ4v) is 3.70. The number of nitrogens with zero attached hydrogens (tertiary/aromatic N) is 3. The van der Waals surface area contributed by atoms with E-state index in [1.165, 1.54) is 6.07 Å². The quantitative estimate of drug-likeness (QED) is 0.575. The van der Waals surface area contributed by atoms with Crippen LogP contribution in [-0.4, -0.2) is 38.9 Å². The molecule has 4 rings (SSSR count). The van der Waals surface area contributed by atoms with Crippen LogP contribution in [0.1, 0.15) is 28.9 Å². The third-order valence-corrected chi connectivity index (χ3v) is 5.33. The second-order valence-corrected chi connectivity index (χ2v) is 7.37. The number of anilines is 1. The predicted octanol–water partition coefficient (Wildman–Crippen LogP) is 2.96. The van der Waals surface area contributed by atoms with Crippen LogP contribution in [0.4, 0.5) is 14.6 Å². The van der Waals surface area contributed by atoms with Gasteiger partial charge in [0.05, 0.1) is 11.3 Å². The summed E-state index contributed by atoms with van der Waals surface area (Å²) in [6, 6.07) is 10.6. The van der Waals surface area contributed by atoms with Crippen LogP contribution in [0.25, 0.3) is 11.3 Å². The molecule has 2 heterocycles. The number of pyridine rings is 1. The average Bonchev–Trinajstić information content (AvgIpc) is 2.71. The van der Waals surface area contributed by atoms with E-state index in [1.807, 2.05) is 18.2 Å². The Morgan fingerprint density at radius 3 is 2.63 bits per heavy atom. The van der Waals surface area contributed by atoms with E-state index in [1.54, 1.807) is 12.3 Å². The van der Waals surface area contributed by atoms with Crippen LogP contribution in [-0.2, 0) is 5.41 Å². The van der Waals surface area contributed by atoms with Crippen molar-refractivity contribution < 1.29 is 18.7 Å². The summed E-state index contributed by atoms with van der Waals surface area (Å²) in [4.78, 5) is 15.8. The van der Waals surface area contributed by atoms with Crippen molar-refractivity contribution in [1.29, 1.82) is 0 Å². The molecule has 0 aliphatic heterocycles. The van der Waals surface area contributed by atoms with Gasteiger partial charge in [0, 0.05) is 35.5 Å². The number of carbonyl (C=O) groups is 1. The van der Waals surface area contributed by atoms with Gasteiger partial charge in [-0.05, 0) is 43.2 Å². The number of halogens is 2. The van der Waals surface area contributed by atoms with E-state index < -0.39 is 29.1 Å². The van der Waals surface area contributed by atoms with Gasteiger partial charge in [-0.1, -0.05) is 6.07 Å². The first-order valence-electron chi connectivity index (χ1n) is 9.34. The molecule has 0 radical (unpaired) electrons. The molecule has 1 saturated carbocycles. The minimum absolute atomic E-state index is 0.00938. The zero-order chi connectivity index (χ0) is 21.3. The van der Waals surface area contributed by atoms with Gasteiger partial charge >= 0.3 is 0 Å². The molecule has 0 saturated heterocycles. The fourth-order valence-electron chi connectivity index (χ4n) is 3.70. The minimum Gasteiger partial charge on any atom is -0.507 e. The number of aromatic hydroxyl groups is 1. The smallest absolute Gasteiger partial charge is 0.252 e. The highest BCUT2D eigenvalue weighted by Gasteiger charge is 2.47. The standard InChI is InChI=1S/C21H19F2N5O2/c22-12-9-21(10-12,18-3-1-2-6-25-18)11-26-19-5-4-16(27-28-19)13-7-14(20(24)30)17(29)8-15(13)23/h1-8,12,29H,9-11H2,(H2,24,30)(H,26,28). The summed E-state index contributed by atoms with van der Waals surface area (Å²) in [6.07, 6.45) is 1.57. The van der Waals surface area contributed by atoms with E-state index in [-0.39, 0.29) is 16.8 Å². The van der Waals surface area contributed by atoms with Crippen molar-refractivity contribution in [2.45, 2.75) is 24.4 Å². The topological polar surface area (TPSA) is 114 Å². The number of hydrogen-bond donors (Lipinski definition) is 3. The van der Waals surface area contributed by atoms with Gasteiger partial charge in [0.2, 0.25) is 0 Å². The van der Waals surface area contributed by atoms with Crippen molar-refractivity contribution in [2.24, 2.45) is 5.73 Å². The highest BCUT2D eigenvalue weighted by molar-refractivity contribution is 5.96. The van der Waals surface area contributed by atoms with Gasteiger partial charge in [-0.2, -0.15) is 0 Å². The number of amides is 1. The number of benzene rings is 1. The summed E-state index contributed by atoms with van der Waals surface area (Å²) in [7, 11) is 0. The normalized spacial score (nSPS) is 20.4. The molecule has 0 bridgehead atoms. The van der Waals surface area contributed by atoms with Gasteiger partial charge in [0.1, 0.15) is 23.6 Å². The highest BCUT2D eigenvalue weighted by Crippen LogP contribution is 2.44. The molecule has 2 aromatic heterocycles. The maximum absolute atomic E-state index is 14.2. The van der Waals surface area contributed by atoms with E-state index in [9.17, 15) is 18.7 Å². The van der Waals surface area contributed by atoms with E-state index in [0.29, 0.717) is 25.2 Å². The Labute approximate surface area is 171 Å². The Morgan fingerprint density at radius 2 is 2.03 bits per heavy atom. The lowest BCUT2D eigenvalue weighted by molar-refractivity contribution is 0.0992. The van der Waals surface area contributed by atoms with Crippen molar-refractivity contribution in [1.82, 2.24) is 15.2 Å². The molecule has 0 atom stereocenters. The average molecular weight is 411 g/mol. The van der Waals surface area contributed by atoms with Gasteiger partial charge in [-0.3, -0.25) is 9.78 Å². The van der Waals surface area contributed by atoms with E-state index >= 15 is 0 Å². The Balaban J connectivity index is 1.52. The van der Waals surface area contributed by atoms with Crippen LogP contribution < -0.4 is 11.1 Å².